The van der Waals surface area contributed by atoms with E-state index < -0.39 is 6.04 Å². The second kappa shape index (κ2) is 9.67. The lowest BCUT2D eigenvalue weighted by molar-refractivity contribution is -0.119. The predicted molar refractivity (Wildman–Crippen MR) is 114 cm³/mol. The topological polar surface area (TPSA) is 85.8 Å². The van der Waals surface area contributed by atoms with E-state index in [-0.39, 0.29) is 42.0 Å². The molecule has 2 aromatic rings. The quantitative estimate of drug-likeness (QED) is 0.769. The lowest BCUT2D eigenvalue weighted by Gasteiger charge is -2.25. The Kier molecular flexibility index (Phi) is 8.41. The molecule has 0 fully saturated rings. The molecule has 1 aliphatic heterocycles. The van der Waals surface area contributed by atoms with Gasteiger partial charge in [-0.05, 0) is 36.5 Å². The number of aryl methyl sites for hydroxylation is 1. The van der Waals surface area contributed by atoms with Crippen LogP contribution < -0.4 is 11.1 Å². The number of carbonyl (C=O) groups excluding carboxylic acids is 1. The first-order valence-electron chi connectivity index (χ1n) is 9.06. The summed E-state index contributed by atoms with van der Waals surface area (Å²) in [5.41, 5.74) is 6.47. The van der Waals surface area contributed by atoms with Gasteiger partial charge in [-0.25, -0.2) is 4.39 Å². The zero-order valence-electron chi connectivity index (χ0n) is 16.4. The van der Waals surface area contributed by atoms with Crippen LogP contribution in [0.2, 0.25) is 0 Å². The summed E-state index contributed by atoms with van der Waals surface area (Å²) in [6.07, 6.45) is 4.08. The summed E-state index contributed by atoms with van der Waals surface area (Å²) in [6, 6.07) is 3.81. The zero-order chi connectivity index (χ0) is 18.9. The highest BCUT2D eigenvalue weighted by atomic mass is 35.5. The van der Waals surface area contributed by atoms with E-state index in [0.29, 0.717) is 17.1 Å². The number of nitrogens with one attached hydrogen (secondary N) is 1. The number of hydrogen-bond donors (Lipinski definition) is 2. The predicted octanol–water partition coefficient (Wildman–Crippen LogP) is 3.97. The Balaban J connectivity index is 0.00000196. The molecule has 9 heteroatoms. The second-order valence-electron chi connectivity index (χ2n) is 7.93. The van der Waals surface area contributed by atoms with Crippen molar-refractivity contribution in [3.05, 3.63) is 29.8 Å². The Hall–Kier alpha value is -1.70. The monoisotopic (exact) mass is 431 g/mol. The van der Waals surface area contributed by atoms with E-state index in [2.05, 4.69) is 15.5 Å². The average Bonchev–Trinajstić information content (AvgIpc) is 2.83. The number of fused-ring (bicyclic) bond motifs is 1. The standard InChI is InChI=1S/C19H26FN5O.2ClH/c1-19(2,3)16(21)18(26)22-12-8-9-14(20)13(11-12)17-24-23-15-7-5-4-6-10-25(15)17;;/h8-9,11,16H,4-7,10,21H2,1-3H3,(H,22,26);2*1H/t16-;;/m1../s1. The van der Waals surface area contributed by atoms with Gasteiger partial charge in [-0.1, -0.05) is 27.2 Å². The molecule has 1 amide bonds. The molecule has 1 aromatic heterocycles. The van der Waals surface area contributed by atoms with Crippen LogP contribution in [0, 0.1) is 11.2 Å². The van der Waals surface area contributed by atoms with Crippen molar-refractivity contribution in [3.8, 4) is 11.4 Å². The van der Waals surface area contributed by atoms with Gasteiger partial charge in [0, 0.05) is 18.7 Å². The van der Waals surface area contributed by atoms with Crippen molar-refractivity contribution in [3.63, 3.8) is 0 Å². The van der Waals surface area contributed by atoms with Gasteiger partial charge in [-0.15, -0.1) is 35.0 Å². The van der Waals surface area contributed by atoms with Crippen LogP contribution in [-0.2, 0) is 17.8 Å². The molecule has 1 aromatic carbocycles. The summed E-state index contributed by atoms with van der Waals surface area (Å²) in [5, 5.41) is 11.2. The lowest BCUT2D eigenvalue weighted by atomic mass is 9.87. The highest BCUT2D eigenvalue weighted by Gasteiger charge is 2.28. The van der Waals surface area contributed by atoms with Crippen LogP contribution in [0.5, 0.6) is 0 Å². The largest absolute Gasteiger partial charge is 0.325 e. The molecule has 0 saturated heterocycles. The third-order valence-electron chi connectivity index (χ3n) is 4.80. The molecule has 6 nitrogen and oxygen atoms in total. The normalized spacial score (nSPS) is 14.8. The van der Waals surface area contributed by atoms with Crippen molar-refractivity contribution >= 4 is 36.4 Å². The maximum Gasteiger partial charge on any atom is 0.241 e. The highest BCUT2D eigenvalue weighted by Crippen LogP contribution is 2.28. The Morgan fingerprint density at radius 2 is 1.93 bits per heavy atom. The summed E-state index contributed by atoms with van der Waals surface area (Å²) in [5.74, 6) is 0.717. The molecule has 0 bridgehead atoms. The second-order valence-corrected chi connectivity index (χ2v) is 7.93. The van der Waals surface area contributed by atoms with Gasteiger partial charge in [0.05, 0.1) is 11.6 Å². The first-order valence-corrected chi connectivity index (χ1v) is 9.06. The van der Waals surface area contributed by atoms with Gasteiger partial charge in [0.1, 0.15) is 11.6 Å². The van der Waals surface area contributed by atoms with Gasteiger partial charge in [-0.2, -0.15) is 0 Å². The number of benzene rings is 1. The van der Waals surface area contributed by atoms with E-state index in [1.165, 1.54) is 12.1 Å². The van der Waals surface area contributed by atoms with E-state index in [9.17, 15) is 9.18 Å². The van der Waals surface area contributed by atoms with Crippen molar-refractivity contribution in [1.29, 1.82) is 0 Å². The first kappa shape index (κ1) is 24.3. The van der Waals surface area contributed by atoms with Gasteiger partial charge in [0.15, 0.2) is 5.82 Å². The van der Waals surface area contributed by atoms with Crippen molar-refractivity contribution < 1.29 is 9.18 Å². The fraction of sp³-hybridized carbons (Fsp3) is 0.526. The average molecular weight is 432 g/mol. The van der Waals surface area contributed by atoms with E-state index in [1.54, 1.807) is 6.07 Å². The fourth-order valence-corrected chi connectivity index (χ4v) is 3.07. The molecular weight excluding hydrogens is 404 g/mol. The number of aromatic nitrogens is 3. The number of nitrogens with two attached hydrogens (primary N) is 1. The minimum atomic E-state index is -0.666. The number of rotatable bonds is 3. The molecule has 1 atom stereocenters. The van der Waals surface area contributed by atoms with Crippen LogP contribution in [0.4, 0.5) is 10.1 Å². The first-order chi connectivity index (χ1) is 12.3. The van der Waals surface area contributed by atoms with Gasteiger partial charge >= 0.3 is 0 Å². The molecular formula is C19H28Cl2FN5O. The highest BCUT2D eigenvalue weighted by molar-refractivity contribution is 5.95. The number of hydrogen-bond acceptors (Lipinski definition) is 4. The SMILES string of the molecule is CC(C)(C)[C@H](N)C(=O)Nc1ccc(F)c(-c2nnc3n2CCCCC3)c1.Cl.Cl. The number of carbonyl (C=O) groups is 1. The summed E-state index contributed by atoms with van der Waals surface area (Å²) >= 11 is 0. The maximum atomic E-state index is 14.5. The Bertz CT molecular complexity index is 819. The molecule has 1 aliphatic rings. The minimum Gasteiger partial charge on any atom is -0.325 e. The summed E-state index contributed by atoms with van der Waals surface area (Å²) in [7, 11) is 0. The molecule has 28 heavy (non-hydrogen) atoms. The van der Waals surface area contributed by atoms with E-state index >= 15 is 0 Å². The van der Waals surface area contributed by atoms with Crippen LogP contribution in [0.15, 0.2) is 18.2 Å². The van der Waals surface area contributed by atoms with Crippen LogP contribution in [0.3, 0.4) is 0 Å². The smallest absolute Gasteiger partial charge is 0.241 e. The minimum absolute atomic E-state index is 0. The molecule has 0 radical (unpaired) electrons. The number of halogens is 3. The van der Waals surface area contributed by atoms with E-state index in [4.69, 9.17) is 5.73 Å². The zero-order valence-corrected chi connectivity index (χ0v) is 18.0. The number of amides is 1. The van der Waals surface area contributed by atoms with Crippen molar-refractivity contribution in [2.75, 3.05) is 5.32 Å². The number of nitrogens with zero attached hydrogens (tertiary/aromatic N) is 3. The Labute approximate surface area is 177 Å². The molecule has 3 rings (SSSR count). The third kappa shape index (κ3) is 5.21. The van der Waals surface area contributed by atoms with Crippen LogP contribution in [0.1, 0.15) is 45.9 Å². The van der Waals surface area contributed by atoms with Crippen molar-refractivity contribution in [1.82, 2.24) is 14.8 Å². The molecule has 2 heterocycles. The molecule has 0 saturated carbocycles. The molecule has 0 unspecified atom stereocenters. The van der Waals surface area contributed by atoms with Crippen molar-refractivity contribution in [2.24, 2.45) is 11.1 Å². The summed E-state index contributed by atoms with van der Waals surface area (Å²) < 4.78 is 16.5. The van der Waals surface area contributed by atoms with Gasteiger partial charge in [-0.3, -0.25) is 4.79 Å². The Morgan fingerprint density at radius 1 is 1.21 bits per heavy atom. The van der Waals surface area contributed by atoms with Crippen molar-refractivity contribution in [2.45, 2.75) is 59.0 Å². The fourth-order valence-electron chi connectivity index (χ4n) is 3.07. The molecule has 156 valence electrons. The maximum absolute atomic E-state index is 14.5. The molecule has 0 spiro atoms. The third-order valence-corrected chi connectivity index (χ3v) is 4.80. The van der Waals surface area contributed by atoms with Crippen LogP contribution >= 0.6 is 24.8 Å². The van der Waals surface area contributed by atoms with Gasteiger partial charge < -0.3 is 15.6 Å². The van der Waals surface area contributed by atoms with E-state index in [1.807, 2.05) is 25.3 Å². The summed E-state index contributed by atoms with van der Waals surface area (Å²) in [4.78, 5) is 12.4. The Morgan fingerprint density at radius 3 is 2.61 bits per heavy atom. The van der Waals surface area contributed by atoms with Crippen LogP contribution in [0.25, 0.3) is 11.4 Å². The van der Waals surface area contributed by atoms with Gasteiger partial charge in [0.25, 0.3) is 0 Å². The van der Waals surface area contributed by atoms with Gasteiger partial charge in [0.2, 0.25) is 5.91 Å². The number of anilines is 1. The lowest BCUT2D eigenvalue weighted by Crippen LogP contribution is -2.45. The van der Waals surface area contributed by atoms with Crippen LogP contribution in [-0.4, -0.2) is 26.7 Å². The van der Waals surface area contributed by atoms with E-state index in [0.717, 1.165) is 38.1 Å². The molecule has 0 aliphatic carbocycles. The molecule has 3 N–H and O–H groups in total. The summed E-state index contributed by atoms with van der Waals surface area (Å²) in [6.45, 7) is 6.49.